The van der Waals surface area contributed by atoms with E-state index in [1.807, 2.05) is 24.3 Å². The molecular formula is C81H132N16O18S2. The number of nitrogens with two attached hydrogens (primary N) is 1. The lowest BCUT2D eigenvalue weighted by Gasteiger charge is -2.41. The average molecular weight is 1680 g/mol. The maximum atomic E-state index is 15.7. The minimum Gasteiger partial charge on any atom is -0.481 e. The standard InChI is InChI=1S/C81H132N16O18S2/c1-8-14-56-71(107)95-66(45(3)99)77(113)92-62(68(82)105)42-117-41-49-16-12-15-48(33-49)40-116-32-30-63(102)94-67(80(4,5)6)78(114)91-59(35-47-22-26-54(101)27-23-47)73(109)89-61(37-52-39-83-43-86-52)74(110)96-65(44(2)98)76(112)90-60(36-50-38-85-69-55(50)19-13-31-84-69)75(111)97-81(7,51-17-10-9-11-18-51)79(115)93-57(28-29-64(103)104)70(106)88-58(72(108)87-56)34-46-20-24-53(100)25-21-46/h12,15-16,33,44-47,50-62,65-67,69,83-86,98-101H,8-11,13-14,17-32,34-43H2,1-7H3,(H2,82,105)(H,87,108)(H,88,106)(H,89,109)(H,90,112)(H,91,114)(H,92,113)(H,93,115)(H,94,102)(H,95,107)(H,96,110)(H,97,111)(H,103,104)/t44-,45-,46?,47?,50?,52?,53?,54?,55?,56+,57+,58+,59+,60+,61+,62+,65+,66+,67-,69?,81+/m1/s1. The van der Waals surface area contributed by atoms with Crippen molar-refractivity contribution in [3.8, 4) is 0 Å². The second-order valence-corrected chi connectivity index (χ2v) is 36.9. The number of benzene rings is 1. The number of aliphatic hydroxyl groups excluding tert-OH is 4. The van der Waals surface area contributed by atoms with Crippen molar-refractivity contribution in [2.75, 3.05) is 37.8 Å². The van der Waals surface area contributed by atoms with E-state index >= 15 is 28.8 Å². The molecule has 656 valence electrons. The fourth-order valence-electron chi connectivity index (χ4n) is 17.2. The van der Waals surface area contributed by atoms with Gasteiger partial charge in [0.1, 0.15) is 66.0 Å². The predicted octanol–water partition coefficient (Wildman–Crippen LogP) is -0.456. The van der Waals surface area contributed by atoms with Gasteiger partial charge in [0, 0.05) is 55.1 Å². The summed E-state index contributed by atoms with van der Waals surface area (Å²) in [7, 11) is 0. The number of carbonyl (C=O) groups excluding carboxylic acids is 12. The van der Waals surface area contributed by atoms with Gasteiger partial charge in [0.2, 0.25) is 70.9 Å². The molecule has 8 rings (SSSR count). The summed E-state index contributed by atoms with van der Waals surface area (Å²) in [6.07, 6.45) is 2.55. The van der Waals surface area contributed by atoms with Crippen molar-refractivity contribution in [2.45, 2.75) is 317 Å². The number of hydrogen-bond acceptors (Lipinski definition) is 23. The summed E-state index contributed by atoms with van der Waals surface area (Å²) in [4.78, 5) is 190. The van der Waals surface area contributed by atoms with Gasteiger partial charge in [-0.15, -0.1) is 0 Å². The van der Waals surface area contributed by atoms with Crippen LogP contribution in [0, 0.1) is 35.0 Å². The molecule has 2 bridgehead atoms. The van der Waals surface area contributed by atoms with Crippen LogP contribution in [0.3, 0.4) is 0 Å². The second kappa shape index (κ2) is 45.9. The Balaban J connectivity index is 1.15. The first kappa shape index (κ1) is 95.2. The van der Waals surface area contributed by atoms with Gasteiger partial charge >= 0.3 is 5.97 Å². The van der Waals surface area contributed by atoms with Crippen molar-refractivity contribution in [1.29, 1.82) is 0 Å². The lowest BCUT2D eigenvalue weighted by Crippen LogP contribution is -2.67. The van der Waals surface area contributed by atoms with E-state index in [0.29, 0.717) is 120 Å². The van der Waals surface area contributed by atoms with E-state index < -0.39 is 197 Å². The molecule has 36 heteroatoms. The first-order chi connectivity index (χ1) is 55.6. The Morgan fingerprint density at radius 3 is 1.64 bits per heavy atom. The topological polar surface area (TPSA) is 530 Å². The first-order valence-electron chi connectivity index (χ1n) is 42.3. The van der Waals surface area contributed by atoms with Gasteiger partial charge in [-0.2, -0.15) is 23.5 Å². The molecule has 3 saturated heterocycles. The molecule has 3 saturated carbocycles. The molecule has 117 heavy (non-hydrogen) atoms. The van der Waals surface area contributed by atoms with E-state index in [2.05, 4.69) is 79.8 Å². The van der Waals surface area contributed by atoms with E-state index in [-0.39, 0.29) is 74.1 Å². The van der Waals surface area contributed by atoms with Gasteiger partial charge in [0.15, 0.2) is 0 Å². The number of rotatable bonds is 17. The van der Waals surface area contributed by atoms with Crippen LogP contribution in [0.25, 0.3) is 0 Å². The van der Waals surface area contributed by atoms with Gasteiger partial charge in [-0.25, -0.2) is 0 Å². The molecule has 12 amide bonds. The zero-order chi connectivity index (χ0) is 85.3. The molecule has 34 nitrogen and oxygen atoms in total. The molecule has 1 aromatic rings. The molecule has 4 unspecified atom stereocenters. The Kier molecular flexibility index (Phi) is 37.4. The van der Waals surface area contributed by atoms with Crippen LogP contribution in [0.15, 0.2) is 24.3 Å². The molecule has 4 aliphatic heterocycles. The number of carbonyl (C=O) groups is 13. The Bertz CT molecular complexity index is 3530. The number of aliphatic hydroxyl groups is 4. The van der Waals surface area contributed by atoms with Crippen LogP contribution in [-0.2, 0) is 73.8 Å². The van der Waals surface area contributed by atoms with E-state index in [1.165, 1.54) is 44.3 Å². The third-order valence-corrected chi connectivity index (χ3v) is 26.4. The Hall–Kier alpha value is -7.29. The molecule has 17 atom stereocenters. The van der Waals surface area contributed by atoms with Crippen molar-refractivity contribution in [1.82, 2.24) is 79.8 Å². The van der Waals surface area contributed by atoms with E-state index in [9.17, 15) is 59.1 Å². The number of hydrogen-bond donors (Lipinski definition) is 21. The third kappa shape index (κ3) is 29.3. The highest BCUT2D eigenvalue weighted by atomic mass is 32.2. The summed E-state index contributed by atoms with van der Waals surface area (Å²) in [5, 5.41) is 98.0. The lowest BCUT2D eigenvalue weighted by atomic mass is 9.74. The van der Waals surface area contributed by atoms with Crippen LogP contribution in [0.1, 0.15) is 214 Å². The van der Waals surface area contributed by atoms with Gasteiger partial charge in [-0.05, 0) is 196 Å². The highest BCUT2D eigenvalue weighted by molar-refractivity contribution is 7.98. The Morgan fingerprint density at radius 1 is 0.564 bits per heavy atom. The number of amides is 12. The molecule has 3 aliphatic carbocycles. The van der Waals surface area contributed by atoms with Crippen LogP contribution in [0.2, 0.25) is 0 Å². The maximum absolute atomic E-state index is 15.7. The van der Waals surface area contributed by atoms with E-state index in [0.717, 1.165) is 36.9 Å². The molecule has 7 aliphatic rings. The highest BCUT2D eigenvalue weighted by Gasteiger charge is 2.49. The van der Waals surface area contributed by atoms with Gasteiger partial charge < -0.3 is 111 Å². The second-order valence-electron chi connectivity index (χ2n) is 34.7. The van der Waals surface area contributed by atoms with Crippen LogP contribution in [0.4, 0.5) is 0 Å². The molecule has 0 radical (unpaired) electrons. The third-order valence-electron chi connectivity index (χ3n) is 24.2. The van der Waals surface area contributed by atoms with E-state index in [4.69, 9.17) is 5.73 Å². The number of nitrogens with one attached hydrogen (secondary N) is 15. The summed E-state index contributed by atoms with van der Waals surface area (Å²) in [5.74, 6) is -11.7. The van der Waals surface area contributed by atoms with E-state index in [1.54, 1.807) is 27.7 Å². The minimum atomic E-state index is -1.91. The van der Waals surface area contributed by atoms with Gasteiger partial charge in [0.05, 0.1) is 30.6 Å². The fraction of sp³-hybridized carbons (Fsp3) is 0.765. The van der Waals surface area contributed by atoms with Crippen molar-refractivity contribution >= 4 is 100 Å². The van der Waals surface area contributed by atoms with Crippen molar-refractivity contribution < 1.29 is 87.9 Å². The van der Waals surface area contributed by atoms with Crippen molar-refractivity contribution in [3.05, 3.63) is 35.4 Å². The van der Waals surface area contributed by atoms with Gasteiger partial charge in [-0.1, -0.05) is 77.6 Å². The van der Waals surface area contributed by atoms with Crippen LogP contribution in [0.5, 0.6) is 0 Å². The molecule has 4 heterocycles. The van der Waals surface area contributed by atoms with Crippen LogP contribution >= 0.6 is 23.5 Å². The predicted molar refractivity (Wildman–Crippen MR) is 440 cm³/mol. The fourth-order valence-corrected chi connectivity index (χ4v) is 19.1. The van der Waals surface area contributed by atoms with Crippen molar-refractivity contribution in [2.24, 2.45) is 40.7 Å². The minimum absolute atomic E-state index is 0.00777. The number of carboxylic acids is 1. The Labute approximate surface area is 695 Å². The average Bonchev–Trinajstić information content (AvgIpc) is 1.24. The number of primary amides is 1. The van der Waals surface area contributed by atoms with Crippen molar-refractivity contribution in [3.63, 3.8) is 0 Å². The van der Waals surface area contributed by atoms with Crippen LogP contribution < -0.4 is 85.5 Å². The summed E-state index contributed by atoms with van der Waals surface area (Å²) >= 11 is 2.74. The number of aliphatic carboxylic acids is 1. The van der Waals surface area contributed by atoms with Gasteiger partial charge in [-0.3, -0.25) is 62.3 Å². The molecule has 0 spiro atoms. The first-order valence-corrected chi connectivity index (χ1v) is 44.6. The maximum Gasteiger partial charge on any atom is 0.303 e. The zero-order valence-corrected chi connectivity index (χ0v) is 70.6. The zero-order valence-electron chi connectivity index (χ0n) is 69.0. The summed E-state index contributed by atoms with van der Waals surface area (Å²) in [6, 6.07) is -7.49. The number of thioether (sulfide) groups is 2. The normalized spacial score (nSPS) is 33.3. The van der Waals surface area contributed by atoms with Gasteiger partial charge in [0.25, 0.3) is 0 Å². The quantitative estimate of drug-likeness (QED) is 0.0939. The molecule has 22 N–H and O–H groups in total. The highest BCUT2D eigenvalue weighted by Crippen LogP contribution is 2.37. The molecule has 0 aromatic heterocycles. The summed E-state index contributed by atoms with van der Waals surface area (Å²) in [5.41, 5.74) is 4.79. The summed E-state index contributed by atoms with van der Waals surface area (Å²) in [6.45, 7) is 12.9. The lowest BCUT2D eigenvalue weighted by molar-refractivity contribution is -0.141. The smallest absolute Gasteiger partial charge is 0.303 e. The Morgan fingerprint density at radius 2 is 1.09 bits per heavy atom. The molecule has 1 aromatic carbocycles. The SMILES string of the molecule is CCC[C@@H]1NC(=O)[C@H](CC2CCC(O)CC2)NC(=O)[C@H](CCC(=O)O)NC(=O)[C@](C)(C2CCCCC2)NC(=O)[C@H](CC2CNC3NCCCC23)NC(=O)[C@H]([C@@H](C)O)NC(=O)[C@H](CC2CNCN2)NC(=O)[C@H](CC2CCC(O)CC2)NC(=O)[C@H](C(C)(C)C)NC(=O)CCSCc2cccc(c2)CSC[C@@H](C(N)=O)NC(=O)[C@H]([C@@H](C)O)NC1=O. The monoisotopic (exact) mass is 1680 g/mol. The largest absolute Gasteiger partial charge is 0.481 e. The number of carboxylic acid groups (broad SMARTS) is 1. The molecular weight excluding hydrogens is 1550 g/mol. The van der Waals surface area contributed by atoms with Crippen LogP contribution in [-0.4, -0.2) is 243 Å². The number of fused-ring (bicyclic) bond motifs is 3. The summed E-state index contributed by atoms with van der Waals surface area (Å²) < 4.78 is 0. The molecule has 6 fully saturated rings. The number of piperidine rings is 1.